The highest BCUT2D eigenvalue weighted by Gasteiger charge is 2.29. The number of hydrogen-bond donors (Lipinski definition) is 2. The minimum atomic E-state index is -0.644. The number of amides is 1. The molecule has 3 rings (SSSR count). The molecule has 150 valence electrons. The van der Waals surface area contributed by atoms with Crippen LogP contribution in [0.25, 0.3) is 0 Å². The second kappa shape index (κ2) is 8.62. The van der Waals surface area contributed by atoms with Crippen molar-refractivity contribution in [2.24, 2.45) is 0 Å². The van der Waals surface area contributed by atoms with Crippen molar-refractivity contribution in [2.45, 2.75) is 52.4 Å². The van der Waals surface area contributed by atoms with Gasteiger partial charge >= 0.3 is 0 Å². The molecular formula is C20H27N5O3. The van der Waals surface area contributed by atoms with E-state index in [0.717, 1.165) is 12.2 Å². The fourth-order valence-electron chi connectivity index (χ4n) is 3.78. The smallest absolute Gasteiger partial charge is 0.242 e. The first-order valence-corrected chi connectivity index (χ1v) is 9.49. The topological polar surface area (TPSA) is 100 Å². The van der Waals surface area contributed by atoms with E-state index in [0.29, 0.717) is 36.5 Å². The Kier molecular flexibility index (Phi) is 6.21. The van der Waals surface area contributed by atoms with Crippen LogP contribution in [0.15, 0.2) is 24.4 Å². The van der Waals surface area contributed by atoms with Gasteiger partial charge in [-0.3, -0.25) is 24.2 Å². The highest BCUT2D eigenvalue weighted by Crippen LogP contribution is 2.15. The van der Waals surface area contributed by atoms with Gasteiger partial charge in [0.15, 0.2) is 5.78 Å². The number of aromatic nitrogens is 3. The fraction of sp³-hybridized carbons (Fsp3) is 0.500. The normalized spacial score (nSPS) is 20.1. The molecule has 3 heterocycles. The molecule has 8 nitrogen and oxygen atoms in total. The lowest BCUT2D eigenvalue weighted by atomic mass is 10.0. The quantitative estimate of drug-likeness (QED) is 0.715. The highest BCUT2D eigenvalue weighted by molar-refractivity contribution is 5.96. The van der Waals surface area contributed by atoms with E-state index < -0.39 is 6.10 Å². The van der Waals surface area contributed by atoms with E-state index in [4.69, 9.17) is 0 Å². The van der Waals surface area contributed by atoms with Crippen LogP contribution >= 0.6 is 0 Å². The van der Waals surface area contributed by atoms with Crippen molar-refractivity contribution < 1.29 is 14.7 Å². The summed E-state index contributed by atoms with van der Waals surface area (Å²) in [5.41, 5.74) is 2.84. The molecule has 2 aromatic heterocycles. The maximum absolute atomic E-state index is 12.4. The summed E-state index contributed by atoms with van der Waals surface area (Å²) in [6, 6.07) is 5.49. The van der Waals surface area contributed by atoms with Crippen LogP contribution in [0.5, 0.6) is 0 Å². The molecule has 1 aliphatic heterocycles. The predicted octanol–water partition coefficient (Wildman–Crippen LogP) is 0.849. The lowest BCUT2D eigenvalue weighted by Crippen LogP contribution is -2.54. The van der Waals surface area contributed by atoms with Gasteiger partial charge in [0.25, 0.3) is 0 Å². The van der Waals surface area contributed by atoms with E-state index in [2.05, 4.69) is 20.3 Å². The van der Waals surface area contributed by atoms with Gasteiger partial charge in [-0.1, -0.05) is 6.07 Å². The largest absolute Gasteiger partial charge is 0.390 e. The molecule has 0 unspecified atom stereocenters. The first-order chi connectivity index (χ1) is 13.3. The van der Waals surface area contributed by atoms with Gasteiger partial charge in [0.1, 0.15) is 6.54 Å². The zero-order valence-electron chi connectivity index (χ0n) is 16.6. The number of ketones is 1. The van der Waals surface area contributed by atoms with Crippen molar-refractivity contribution in [2.75, 3.05) is 13.1 Å². The van der Waals surface area contributed by atoms with Crippen molar-refractivity contribution in [1.82, 2.24) is 25.0 Å². The summed E-state index contributed by atoms with van der Waals surface area (Å²) >= 11 is 0. The molecule has 0 saturated carbocycles. The van der Waals surface area contributed by atoms with E-state index in [9.17, 15) is 14.7 Å². The molecule has 1 saturated heterocycles. The standard InChI is InChI=1S/C20H27N5O3/c1-13-20(15(3)26)14(2)25(23-13)12-19(28)22-17-7-9-24(11-18(17)27)10-16-6-4-5-8-21-16/h4-6,8,17-18,27H,7,9-12H2,1-3H3,(H,22,28)/t17-,18-/m1/s1. The number of likely N-dealkylation sites (tertiary alicyclic amines) is 1. The molecule has 0 aliphatic carbocycles. The van der Waals surface area contributed by atoms with E-state index in [-0.39, 0.29) is 24.3 Å². The summed E-state index contributed by atoms with van der Waals surface area (Å²) in [6.07, 6.45) is 1.78. The van der Waals surface area contributed by atoms with Crippen molar-refractivity contribution in [3.63, 3.8) is 0 Å². The second-order valence-corrected chi connectivity index (χ2v) is 7.35. The molecule has 1 fully saturated rings. The van der Waals surface area contributed by atoms with Crippen LogP contribution in [0.2, 0.25) is 0 Å². The number of pyridine rings is 1. The van der Waals surface area contributed by atoms with Crippen molar-refractivity contribution in [1.29, 1.82) is 0 Å². The molecule has 2 aromatic rings. The Morgan fingerprint density at radius 1 is 1.32 bits per heavy atom. The van der Waals surface area contributed by atoms with Crippen LogP contribution < -0.4 is 5.32 Å². The first kappa shape index (κ1) is 20.2. The van der Waals surface area contributed by atoms with Crippen LogP contribution in [0, 0.1) is 13.8 Å². The Hall–Kier alpha value is -2.58. The Bertz CT molecular complexity index is 849. The van der Waals surface area contributed by atoms with Gasteiger partial charge in [-0.2, -0.15) is 5.10 Å². The SMILES string of the molecule is CC(=O)c1c(C)nn(CC(=O)N[C@@H]2CCN(Cc3ccccn3)C[C@H]2O)c1C. The Morgan fingerprint density at radius 2 is 2.11 bits per heavy atom. The van der Waals surface area contributed by atoms with E-state index in [1.807, 2.05) is 18.2 Å². The Morgan fingerprint density at radius 3 is 2.71 bits per heavy atom. The van der Waals surface area contributed by atoms with Gasteiger partial charge < -0.3 is 10.4 Å². The number of β-amino-alcohol motifs (C(OH)–C–C–N with tert-alkyl or cyclic N) is 1. The van der Waals surface area contributed by atoms with Crippen molar-refractivity contribution in [3.8, 4) is 0 Å². The molecule has 0 spiro atoms. The van der Waals surface area contributed by atoms with Crippen LogP contribution in [0.3, 0.4) is 0 Å². The number of hydrogen-bond acceptors (Lipinski definition) is 6. The molecule has 0 bridgehead atoms. The number of carbonyl (C=O) groups excluding carboxylic acids is 2. The molecule has 1 aliphatic rings. The maximum atomic E-state index is 12.4. The van der Waals surface area contributed by atoms with Gasteiger partial charge in [0.05, 0.1) is 29.1 Å². The Labute approximate surface area is 164 Å². The zero-order valence-corrected chi connectivity index (χ0v) is 16.6. The third kappa shape index (κ3) is 4.63. The molecule has 2 N–H and O–H groups in total. The van der Waals surface area contributed by atoms with Crippen molar-refractivity contribution >= 4 is 11.7 Å². The molecule has 1 amide bonds. The lowest BCUT2D eigenvalue weighted by molar-refractivity contribution is -0.124. The number of nitrogens with zero attached hydrogens (tertiary/aromatic N) is 4. The molecule has 0 radical (unpaired) electrons. The molecule has 2 atom stereocenters. The molecule has 8 heteroatoms. The van der Waals surface area contributed by atoms with E-state index in [1.54, 1.807) is 24.7 Å². The minimum Gasteiger partial charge on any atom is -0.390 e. The number of carbonyl (C=O) groups is 2. The summed E-state index contributed by atoms with van der Waals surface area (Å²) in [7, 11) is 0. The number of aliphatic hydroxyl groups excluding tert-OH is 1. The molecule has 28 heavy (non-hydrogen) atoms. The summed E-state index contributed by atoms with van der Waals surface area (Å²) < 4.78 is 1.55. The summed E-state index contributed by atoms with van der Waals surface area (Å²) in [6.45, 7) is 7.01. The number of rotatable bonds is 6. The van der Waals surface area contributed by atoms with Gasteiger partial charge in [-0.05, 0) is 39.3 Å². The summed E-state index contributed by atoms with van der Waals surface area (Å²) in [5, 5.41) is 17.7. The fourth-order valence-corrected chi connectivity index (χ4v) is 3.78. The number of Topliss-reactive ketones (excluding diaryl/α,β-unsaturated/α-hetero) is 1. The van der Waals surface area contributed by atoms with Crippen LogP contribution in [0.1, 0.15) is 40.8 Å². The summed E-state index contributed by atoms with van der Waals surface area (Å²) in [4.78, 5) is 30.6. The summed E-state index contributed by atoms with van der Waals surface area (Å²) in [5.74, 6) is -0.278. The maximum Gasteiger partial charge on any atom is 0.242 e. The highest BCUT2D eigenvalue weighted by atomic mass is 16.3. The van der Waals surface area contributed by atoms with Gasteiger partial charge in [-0.15, -0.1) is 0 Å². The lowest BCUT2D eigenvalue weighted by Gasteiger charge is -2.36. The van der Waals surface area contributed by atoms with Crippen molar-refractivity contribution in [3.05, 3.63) is 47.0 Å². The van der Waals surface area contributed by atoms with Crippen LogP contribution in [-0.2, 0) is 17.9 Å². The zero-order chi connectivity index (χ0) is 20.3. The van der Waals surface area contributed by atoms with Gasteiger partial charge in [0, 0.05) is 31.5 Å². The molecular weight excluding hydrogens is 358 g/mol. The predicted molar refractivity (Wildman–Crippen MR) is 104 cm³/mol. The number of aryl methyl sites for hydroxylation is 1. The van der Waals surface area contributed by atoms with Gasteiger partial charge in [-0.25, -0.2) is 0 Å². The molecule has 0 aromatic carbocycles. The number of piperidine rings is 1. The van der Waals surface area contributed by atoms with E-state index >= 15 is 0 Å². The third-order valence-corrected chi connectivity index (χ3v) is 5.15. The average molecular weight is 385 g/mol. The number of aliphatic hydroxyl groups is 1. The van der Waals surface area contributed by atoms with Crippen LogP contribution in [-0.4, -0.2) is 61.7 Å². The Balaban J connectivity index is 1.54. The monoisotopic (exact) mass is 385 g/mol. The van der Waals surface area contributed by atoms with Gasteiger partial charge in [0.2, 0.25) is 5.91 Å². The average Bonchev–Trinajstić information content (AvgIpc) is 2.91. The third-order valence-electron chi connectivity index (χ3n) is 5.15. The first-order valence-electron chi connectivity index (χ1n) is 9.49. The number of nitrogens with one attached hydrogen (secondary N) is 1. The van der Waals surface area contributed by atoms with Crippen LogP contribution in [0.4, 0.5) is 0 Å². The van der Waals surface area contributed by atoms with E-state index in [1.165, 1.54) is 6.92 Å². The second-order valence-electron chi connectivity index (χ2n) is 7.35. The minimum absolute atomic E-state index is 0.0286.